The number of benzene rings is 1. The monoisotopic (exact) mass is 368 g/mol. The van der Waals surface area contributed by atoms with Gasteiger partial charge in [0, 0.05) is 12.3 Å². The number of hydrogen-bond acceptors (Lipinski definition) is 5. The van der Waals surface area contributed by atoms with E-state index in [0.717, 1.165) is 28.7 Å². The third kappa shape index (κ3) is 3.48. The Bertz CT molecular complexity index is 984. The van der Waals surface area contributed by atoms with Crippen LogP contribution in [0.4, 0.5) is 0 Å². The first-order valence-corrected chi connectivity index (χ1v) is 8.98. The van der Waals surface area contributed by atoms with Gasteiger partial charge >= 0.3 is 0 Å². The summed E-state index contributed by atoms with van der Waals surface area (Å²) >= 11 is 5.30. The smallest absolute Gasteiger partial charge is 0.216 e. The van der Waals surface area contributed by atoms with Crippen LogP contribution in [-0.2, 0) is 6.42 Å². The third-order valence-corrected chi connectivity index (χ3v) is 4.93. The van der Waals surface area contributed by atoms with Crippen LogP contribution < -0.4 is 4.74 Å². The molecule has 0 spiro atoms. The molecule has 2 aromatic heterocycles. The van der Waals surface area contributed by atoms with Gasteiger partial charge in [-0.2, -0.15) is 14.9 Å². The van der Waals surface area contributed by atoms with Gasteiger partial charge in [0.2, 0.25) is 4.77 Å². The lowest BCUT2D eigenvalue weighted by Gasteiger charge is -2.03. The fourth-order valence-corrected chi connectivity index (χ4v) is 3.15. The number of rotatable bonds is 6. The number of aromatic amines is 1. The molecule has 0 bridgehead atoms. The van der Waals surface area contributed by atoms with E-state index in [0.29, 0.717) is 23.0 Å². The van der Waals surface area contributed by atoms with Gasteiger partial charge in [0.1, 0.15) is 17.3 Å². The molecule has 1 aromatic carbocycles. The number of ether oxygens (including phenoxy) is 1. The van der Waals surface area contributed by atoms with Crippen molar-refractivity contribution in [2.75, 3.05) is 7.11 Å². The zero-order chi connectivity index (χ0) is 18.1. The van der Waals surface area contributed by atoms with Crippen LogP contribution in [0.1, 0.15) is 42.2 Å². The minimum absolute atomic E-state index is 0.451. The summed E-state index contributed by atoms with van der Waals surface area (Å²) in [5.41, 5.74) is 1.10. The summed E-state index contributed by atoms with van der Waals surface area (Å²) < 4.78 is 13.1. The van der Waals surface area contributed by atoms with Crippen LogP contribution in [0.5, 0.6) is 5.75 Å². The minimum Gasteiger partial charge on any atom is -0.497 e. The topological polar surface area (TPSA) is 68.3 Å². The van der Waals surface area contributed by atoms with Gasteiger partial charge in [0.15, 0.2) is 5.82 Å². The molecule has 1 aliphatic rings. The van der Waals surface area contributed by atoms with E-state index in [1.165, 1.54) is 6.42 Å². The van der Waals surface area contributed by atoms with Crippen LogP contribution in [0.2, 0.25) is 0 Å². The summed E-state index contributed by atoms with van der Waals surface area (Å²) in [6.07, 6.45) is 3.49. The maximum Gasteiger partial charge on any atom is 0.216 e. The largest absolute Gasteiger partial charge is 0.497 e. The molecular formula is C19H20N4O2S. The van der Waals surface area contributed by atoms with Crippen molar-refractivity contribution in [3.05, 3.63) is 64.1 Å². The highest BCUT2D eigenvalue weighted by Gasteiger charge is 2.36. The van der Waals surface area contributed by atoms with Crippen molar-refractivity contribution in [2.24, 2.45) is 11.0 Å². The van der Waals surface area contributed by atoms with Gasteiger partial charge < -0.3 is 9.15 Å². The van der Waals surface area contributed by atoms with Crippen LogP contribution in [-0.4, -0.2) is 28.2 Å². The second kappa shape index (κ2) is 6.92. The van der Waals surface area contributed by atoms with Gasteiger partial charge in [-0.1, -0.05) is 19.1 Å². The minimum atomic E-state index is 0.451. The highest BCUT2D eigenvalue weighted by atomic mass is 32.1. The number of furan rings is 1. The molecule has 6 nitrogen and oxygen atoms in total. The highest BCUT2D eigenvalue weighted by Crippen LogP contribution is 2.47. The predicted octanol–water partition coefficient (Wildman–Crippen LogP) is 4.14. The standard InChI is InChI=1S/C19H20N4O2S/c1-12-9-16(12)17-8-7-15(25-17)11-20-23-18(21-22-19(23)26)10-13-3-5-14(24-2)6-4-13/h3-8,11-12,16H,9-10H2,1-2H3,(H,22,26)/b20-11-/t12-,16+/m0/s1. The Morgan fingerprint density at radius 1 is 1.35 bits per heavy atom. The van der Waals surface area contributed by atoms with Crippen molar-refractivity contribution >= 4 is 18.4 Å². The molecule has 1 saturated carbocycles. The summed E-state index contributed by atoms with van der Waals surface area (Å²) in [5.74, 6) is 4.58. The Morgan fingerprint density at radius 2 is 2.12 bits per heavy atom. The molecule has 0 amide bonds. The van der Waals surface area contributed by atoms with E-state index in [2.05, 4.69) is 22.2 Å². The maximum absolute atomic E-state index is 5.86. The van der Waals surface area contributed by atoms with E-state index >= 15 is 0 Å². The van der Waals surface area contributed by atoms with Crippen molar-refractivity contribution in [1.29, 1.82) is 0 Å². The lowest BCUT2D eigenvalue weighted by Crippen LogP contribution is -2.00. The van der Waals surface area contributed by atoms with E-state index < -0.39 is 0 Å². The highest BCUT2D eigenvalue weighted by molar-refractivity contribution is 7.71. The molecule has 0 radical (unpaired) electrons. The molecule has 2 atom stereocenters. The van der Waals surface area contributed by atoms with Gasteiger partial charge in [-0.3, -0.25) is 5.10 Å². The molecule has 0 saturated heterocycles. The van der Waals surface area contributed by atoms with Crippen molar-refractivity contribution in [3.63, 3.8) is 0 Å². The van der Waals surface area contributed by atoms with Gasteiger partial charge in [-0.15, -0.1) is 0 Å². The summed E-state index contributed by atoms with van der Waals surface area (Å²) in [6, 6.07) is 11.8. The first-order valence-electron chi connectivity index (χ1n) is 8.57. The zero-order valence-electron chi connectivity index (χ0n) is 14.7. The molecule has 1 N–H and O–H groups in total. The van der Waals surface area contributed by atoms with Crippen LogP contribution in [0, 0.1) is 10.7 Å². The third-order valence-electron chi connectivity index (χ3n) is 4.66. The van der Waals surface area contributed by atoms with E-state index in [9.17, 15) is 0 Å². The Morgan fingerprint density at radius 3 is 2.81 bits per heavy atom. The van der Waals surface area contributed by atoms with Gasteiger partial charge in [-0.25, -0.2) is 0 Å². The molecule has 4 rings (SSSR count). The van der Waals surface area contributed by atoms with Gasteiger partial charge in [-0.05, 0) is 54.4 Å². The Hall–Kier alpha value is -2.67. The summed E-state index contributed by atoms with van der Waals surface area (Å²) in [7, 11) is 1.65. The molecule has 2 heterocycles. The Balaban J connectivity index is 1.52. The van der Waals surface area contributed by atoms with Crippen molar-refractivity contribution < 1.29 is 9.15 Å². The normalized spacial score (nSPS) is 19.2. The van der Waals surface area contributed by atoms with Crippen molar-refractivity contribution in [3.8, 4) is 5.75 Å². The second-order valence-corrected chi connectivity index (χ2v) is 6.97. The van der Waals surface area contributed by atoms with Crippen LogP contribution in [0.3, 0.4) is 0 Å². The molecule has 0 unspecified atom stereocenters. The molecule has 134 valence electrons. The average Bonchev–Trinajstić information content (AvgIpc) is 3.04. The molecule has 0 aliphatic heterocycles. The van der Waals surface area contributed by atoms with E-state index in [1.54, 1.807) is 18.0 Å². The molecular weight excluding hydrogens is 348 g/mol. The van der Waals surface area contributed by atoms with E-state index in [-0.39, 0.29) is 0 Å². The number of nitrogens with one attached hydrogen (secondary N) is 1. The summed E-state index contributed by atoms with van der Waals surface area (Å²) in [6.45, 7) is 2.23. The quantitative estimate of drug-likeness (QED) is 0.524. The second-order valence-electron chi connectivity index (χ2n) is 6.59. The van der Waals surface area contributed by atoms with Crippen LogP contribution >= 0.6 is 12.2 Å². The maximum atomic E-state index is 5.86. The fraction of sp³-hybridized carbons (Fsp3) is 0.316. The number of hydrogen-bond donors (Lipinski definition) is 1. The van der Waals surface area contributed by atoms with E-state index in [4.69, 9.17) is 21.4 Å². The van der Waals surface area contributed by atoms with Crippen molar-refractivity contribution in [1.82, 2.24) is 14.9 Å². The SMILES string of the molecule is COc1ccc(Cc2n[nH]c(=S)n2/N=C\c2ccc([C@@H]3C[C@@H]3C)o2)cc1. The first kappa shape index (κ1) is 16.8. The van der Waals surface area contributed by atoms with Gasteiger partial charge in [0.25, 0.3) is 0 Å². The van der Waals surface area contributed by atoms with Gasteiger partial charge in [0.05, 0.1) is 13.3 Å². The lowest BCUT2D eigenvalue weighted by molar-refractivity contribution is 0.414. The summed E-state index contributed by atoms with van der Waals surface area (Å²) in [5, 5.41) is 11.5. The summed E-state index contributed by atoms with van der Waals surface area (Å²) in [4.78, 5) is 0. The van der Waals surface area contributed by atoms with E-state index in [1.807, 2.05) is 36.4 Å². The number of methoxy groups -OCH3 is 1. The Labute approximate surface area is 156 Å². The van der Waals surface area contributed by atoms with Crippen LogP contribution in [0.25, 0.3) is 0 Å². The lowest BCUT2D eigenvalue weighted by atomic mass is 10.1. The van der Waals surface area contributed by atoms with Crippen LogP contribution in [0.15, 0.2) is 45.9 Å². The predicted molar refractivity (Wildman–Crippen MR) is 101 cm³/mol. The molecule has 1 fully saturated rings. The first-order chi connectivity index (χ1) is 12.6. The zero-order valence-corrected chi connectivity index (χ0v) is 15.5. The number of aromatic nitrogens is 3. The average molecular weight is 368 g/mol. The molecule has 7 heteroatoms. The Kier molecular flexibility index (Phi) is 4.46. The number of nitrogens with zero attached hydrogens (tertiary/aromatic N) is 3. The molecule has 26 heavy (non-hydrogen) atoms. The number of H-pyrrole nitrogens is 1. The molecule has 3 aromatic rings. The molecule has 1 aliphatic carbocycles. The fourth-order valence-electron chi connectivity index (χ4n) is 2.95. The van der Waals surface area contributed by atoms with Crippen molar-refractivity contribution in [2.45, 2.75) is 25.7 Å².